The van der Waals surface area contributed by atoms with E-state index in [1.54, 1.807) is 16.7 Å². The van der Waals surface area contributed by atoms with Gasteiger partial charge in [-0.05, 0) is 30.5 Å². The summed E-state index contributed by atoms with van der Waals surface area (Å²) in [5, 5.41) is 3.25. The molecule has 0 saturated carbocycles. The molecule has 0 radical (unpaired) electrons. The Kier molecular flexibility index (Phi) is 5.75. The van der Waals surface area contributed by atoms with Crippen molar-refractivity contribution in [2.75, 3.05) is 19.9 Å². The van der Waals surface area contributed by atoms with Gasteiger partial charge in [-0.15, -0.1) is 0 Å². The van der Waals surface area contributed by atoms with Crippen LogP contribution < -0.4 is 5.32 Å². The first-order chi connectivity index (χ1) is 11.1. The maximum absolute atomic E-state index is 13.1. The van der Waals surface area contributed by atoms with Crippen molar-refractivity contribution in [3.8, 4) is 5.69 Å². The fourth-order valence-corrected chi connectivity index (χ4v) is 2.49. The average Bonchev–Trinajstić information content (AvgIpc) is 2.99. The van der Waals surface area contributed by atoms with E-state index in [4.69, 9.17) is 0 Å². The molecule has 2 rings (SSSR count). The van der Waals surface area contributed by atoms with Crippen LogP contribution in [-0.4, -0.2) is 41.3 Å². The predicted octanol–water partition coefficient (Wildman–Crippen LogP) is 2.03. The molecule has 0 spiro atoms. The Morgan fingerprint density at radius 3 is 2.65 bits per heavy atom. The maximum atomic E-state index is 13.1. The van der Waals surface area contributed by atoms with Crippen molar-refractivity contribution in [3.63, 3.8) is 0 Å². The number of carbonyl (C=O) groups is 2. The molecule has 2 aromatic rings. The van der Waals surface area contributed by atoms with Gasteiger partial charge < -0.3 is 10.1 Å². The van der Waals surface area contributed by atoms with Crippen molar-refractivity contribution in [1.29, 1.82) is 0 Å². The molecule has 0 saturated heterocycles. The first-order valence-corrected chi connectivity index (χ1v) is 8.02. The zero-order chi connectivity index (χ0) is 16.8. The minimum Gasteiger partial charge on any atom is -0.469 e. The van der Waals surface area contributed by atoms with E-state index in [2.05, 4.69) is 15.0 Å². The van der Waals surface area contributed by atoms with Crippen LogP contribution in [0.25, 0.3) is 5.69 Å². The van der Waals surface area contributed by atoms with Gasteiger partial charge in [0.25, 0.3) is 5.91 Å². The molecule has 1 aromatic carbocycles. The predicted molar refractivity (Wildman–Crippen MR) is 84.3 cm³/mol. The summed E-state index contributed by atoms with van der Waals surface area (Å²) in [7, 11) is 1.29. The van der Waals surface area contributed by atoms with Gasteiger partial charge in [0, 0.05) is 12.2 Å². The highest BCUT2D eigenvalue weighted by Gasteiger charge is 2.17. The molecule has 6 nitrogen and oxygen atoms in total. The fraction of sp³-hybridized carbons (Fsp3) is 0.267. The third-order valence-corrected chi connectivity index (χ3v) is 3.72. The Morgan fingerprint density at radius 2 is 2.04 bits per heavy atom. The third-order valence-electron chi connectivity index (χ3n) is 3.07. The lowest BCUT2D eigenvalue weighted by Crippen LogP contribution is -2.28. The number of imidazole rings is 1. The molecule has 0 unspecified atom stereocenters. The number of amides is 1. The number of benzene rings is 1. The number of thioether (sulfide) groups is 1. The Bertz CT molecular complexity index is 700. The number of rotatable bonds is 6. The molecule has 1 heterocycles. The van der Waals surface area contributed by atoms with Crippen LogP contribution in [0.3, 0.4) is 0 Å². The number of ether oxygens (including phenoxy) is 1. The quantitative estimate of drug-likeness (QED) is 0.645. The molecule has 23 heavy (non-hydrogen) atoms. The van der Waals surface area contributed by atoms with Crippen molar-refractivity contribution in [1.82, 2.24) is 14.9 Å². The van der Waals surface area contributed by atoms with Gasteiger partial charge in [0.2, 0.25) is 0 Å². The van der Waals surface area contributed by atoms with Gasteiger partial charge in [0.15, 0.2) is 5.16 Å². The average molecular weight is 337 g/mol. The number of hydrogen-bond acceptors (Lipinski definition) is 5. The topological polar surface area (TPSA) is 73.2 Å². The summed E-state index contributed by atoms with van der Waals surface area (Å²) in [4.78, 5) is 27.6. The summed E-state index contributed by atoms with van der Waals surface area (Å²) in [6, 6.07) is 5.78. The number of halogens is 1. The van der Waals surface area contributed by atoms with Crippen LogP contribution in [0.1, 0.15) is 16.9 Å². The highest BCUT2D eigenvalue weighted by atomic mass is 32.2. The SMILES string of the molecule is COC(=O)CCNC(=O)c1cnc(SC)n1-c1ccc(F)cc1. The molecule has 0 bridgehead atoms. The van der Waals surface area contributed by atoms with E-state index in [0.717, 1.165) is 0 Å². The van der Waals surface area contributed by atoms with E-state index in [-0.39, 0.29) is 24.7 Å². The Hall–Kier alpha value is -2.35. The van der Waals surface area contributed by atoms with Crippen molar-refractivity contribution >= 4 is 23.6 Å². The Balaban J connectivity index is 2.22. The summed E-state index contributed by atoms with van der Waals surface area (Å²) in [5.74, 6) is -1.13. The van der Waals surface area contributed by atoms with Crippen molar-refractivity contribution in [2.45, 2.75) is 11.6 Å². The molecule has 1 aromatic heterocycles. The summed E-state index contributed by atoms with van der Waals surface area (Å²) in [6.45, 7) is 0.161. The first kappa shape index (κ1) is 17.0. The summed E-state index contributed by atoms with van der Waals surface area (Å²) < 4.78 is 19.2. The van der Waals surface area contributed by atoms with Crippen molar-refractivity contribution in [2.24, 2.45) is 0 Å². The smallest absolute Gasteiger partial charge is 0.307 e. The number of esters is 1. The number of nitrogens with one attached hydrogen (secondary N) is 1. The monoisotopic (exact) mass is 337 g/mol. The summed E-state index contributed by atoms with van der Waals surface area (Å²) >= 11 is 1.37. The van der Waals surface area contributed by atoms with E-state index in [0.29, 0.717) is 16.5 Å². The molecule has 8 heteroatoms. The molecule has 0 aliphatic heterocycles. The second kappa shape index (κ2) is 7.77. The van der Waals surface area contributed by atoms with Crippen LogP contribution in [0.2, 0.25) is 0 Å². The molecule has 1 amide bonds. The number of carbonyl (C=O) groups excluding carboxylic acids is 2. The van der Waals surface area contributed by atoms with Gasteiger partial charge in [-0.25, -0.2) is 9.37 Å². The normalized spacial score (nSPS) is 10.4. The molecule has 0 aliphatic rings. The van der Waals surface area contributed by atoms with Gasteiger partial charge >= 0.3 is 5.97 Å². The lowest BCUT2D eigenvalue weighted by atomic mass is 10.3. The zero-order valence-corrected chi connectivity index (χ0v) is 13.5. The van der Waals surface area contributed by atoms with Crippen molar-refractivity contribution < 1.29 is 18.7 Å². The molecule has 0 aliphatic carbocycles. The van der Waals surface area contributed by atoms with Crippen LogP contribution in [-0.2, 0) is 9.53 Å². The minimum atomic E-state index is -0.401. The third kappa shape index (κ3) is 4.10. The molecule has 1 N–H and O–H groups in total. The second-order valence-corrected chi connectivity index (χ2v) is 5.30. The minimum absolute atomic E-state index is 0.0856. The summed E-state index contributed by atoms with van der Waals surface area (Å²) in [6.07, 6.45) is 3.37. The number of aromatic nitrogens is 2. The van der Waals surface area contributed by atoms with E-state index in [9.17, 15) is 14.0 Å². The number of methoxy groups -OCH3 is 1. The lowest BCUT2D eigenvalue weighted by molar-refractivity contribution is -0.140. The number of nitrogens with zero attached hydrogens (tertiary/aromatic N) is 2. The first-order valence-electron chi connectivity index (χ1n) is 6.79. The van der Waals surface area contributed by atoms with Crippen LogP contribution in [0.5, 0.6) is 0 Å². The fourth-order valence-electron chi connectivity index (χ4n) is 1.95. The highest BCUT2D eigenvalue weighted by molar-refractivity contribution is 7.98. The molecular weight excluding hydrogens is 321 g/mol. The Labute approximate surface area is 137 Å². The standard InChI is InChI=1S/C15H16FN3O3S/c1-22-13(20)7-8-17-14(21)12-9-18-15(23-2)19(12)11-5-3-10(16)4-6-11/h3-6,9H,7-8H2,1-2H3,(H,17,21). The largest absolute Gasteiger partial charge is 0.469 e. The second-order valence-electron chi connectivity index (χ2n) is 4.52. The zero-order valence-electron chi connectivity index (χ0n) is 12.7. The van der Waals surface area contributed by atoms with Gasteiger partial charge in [-0.3, -0.25) is 14.2 Å². The van der Waals surface area contributed by atoms with Gasteiger partial charge in [0.1, 0.15) is 11.5 Å². The van der Waals surface area contributed by atoms with Crippen LogP contribution >= 0.6 is 11.8 Å². The maximum Gasteiger partial charge on any atom is 0.307 e. The molecular formula is C15H16FN3O3S. The molecule has 0 atom stereocenters. The van der Waals surface area contributed by atoms with Crippen LogP contribution in [0.4, 0.5) is 4.39 Å². The van der Waals surface area contributed by atoms with Gasteiger partial charge in [0.05, 0.1) is 19.7 Å². The summed E-state index contributed by atoms with van der Waals surface area (Å²) in [5.41, 5.74) is 0.942. The molecule has 122 valence electrons. The molecule has 0 fully saturated rings. The van der Waals surface area contributed by atoms with E-state index >= 15 is 0 Å². The number of hydrogen-bond donors (Lipinski definition) is 1. The van der Waals surface area contributed by atoms with Gasteiger partial charge in [-0.1, -0.05) is 11.8 Å². The van der Waals surface area contributed by atoms with Crippen LogP contribution in [0, 0.1) is 5.82 Å². The highest BCUT2D eigenvalue weighted by Crippen LogP contribution is 2.22. The lowest BCUT2D eigenvalue weighted by Gasteiger charge is -2.11. The van der Waals surface area contributed by atoms with Crippen molar-refractivity contribution in [3.05, 3.63) is 42.0 Å². The van der Waals surface area contributed by atoms with Crippen LogP contribution in [0.15, 0.2) is 35.6 Å². The van der Waals surface area contributed by atoms with Gasteiger partial charge in [-0.2, -0.15) is 0 Å². The van der Waals surface area contributed by atoms with E-state index in [1.165, 1.54) is 37.2 Å². The Morgan fingerprint density at radius 1 is 1.35 bits per heavy atom. The van der Waals surface area contributed by atoms with E-state index in [1.807, 2.05) is 6.26 Å². The van der Waals surface area contributed by atoms with E-state index < -0.39 is 5.97 Å².